The Kier molecular flexibility index (Phi) is 754. The minimum atomic E-state index is 0. The van der Waals surface area contributed by atoms with Gasteiger partial charge in [-0.3, -0.25) is 0 Å². The van der Waals surface area contributed by atoms with Crippen LogP contribution >= 0.6 is 0 Å². The number of hydrogen-bond donors (Lipinski definition) is 0. The first kappa shape index (κ1) is 133. The van der Waals surface area contributed by atoms with Crippen LogP contribution in [0.1, 0.15) is 39.5 Å². The van der Waals surface area contributed by atoms with E-state index in [4.69, 9.17) is 0 Å². The van der Waals surface area contributed by atoms with E-state index in [0.29, 0.717) is 0 Å². The molecular formula is C6H32Na18. The molecule has 0 spiro atoms. The Hall–Kier alpha value is 18.0. The van der Waals surface area contributed by atoms with E-state index < -0.39 is 0 Å². The molecule has 74 valence electrons. The topological polar surface area (TPSA) is 0 Å². The molecule has 0 nitrogen and oxygen atoms in total. The molecule has 0 saturated heterocycles. The first-order valence-corrected chi connectivity index (χ1v) is 2.91. The summed E-state index contributed by atoms with van der Waals surface area (Å²) in [6, 6.07) is 0. The molecule has 0 fully saturated rings. The fraction of sp³-hybridized carbons (Fsp3) is 1.00. The molecule has 0 radical (unpaired) electrons. The second-order valence-corrected chi connectivity index (χ2v) is 1.71. The summed E-state index contributed by atoms with van der Waals surface area (Å²) in [5.41, 5.74) is 0. The van der Waals surface area contributed by atoms with Crippen LogP contribution < -0.4 is 0 Å². The summed E-state index contributed by atoms with van der Waals surface area (Å²) in [7, 11) is 0. The molecule has 24 heavy (non-hydrogen) atoms. The molecule has 0 heterocycles. The van der Waals surface area contributed by atoms with E-state index in [1.54, 1.807) is 0 Å². The quantitative estimate of drug-likeness (QED) is 0.258. The van der Waals surface area contributed by atoms with Crippen LogP contribution in [0.2, 0.25) is 0 Å². The normalized spacial score (nSPS) is 2.25. The third kappa shape index (κ3) is 138. The summed E-state index contributed by atoms with van der Waals surface area (Å²) < 4.78 is 0. The summed E-state index contributed by atoms with van der Waals surface area (Å²) in [5.74, 6) is 0. The van der Waals surface area contributed by atoms with Gasteiger partial charge in [-0.15, -0.1) is 0 Å². The van der Waals surface area contributed by atoms with E-state index in [2.05, 4.69) is 13.8 Å². The Bertz CT molecular complexity index is 31.5. The monoisotopic (exact) mass is 518 g/mol. The average Bonchev–Trinajstić information content (AvgIpc) is 1.61. The van der Waals surface area contributed by atoms with Gasteiger partial charge in [-0.2, -0.15) is 0 Å². The molecule has 0 aromatic carbocycles. The summed E-state index contributed by atoms with van der Waals surface area (Å²) in [6.45, 7) is 4.46. The molecular weight excluding hydrogens is 486 g/mol. The first-order valence-electron chi connectivity index (χ1n) is 2.91. The third-order valence-corrected chi connectivity index (χ3v) is 0.957. The van der Waals surface area contributed by atoms with Gasteiger partial charge in [0.2, 0.25) is 0 Å². The van der Waals surface area contributed by atoms with Crippen molar-refractivity contribution < 1.29 is 0 Å². The Morgan fingerprint density at radius 2 is 0.333 bits per heavy atom. The predicted octanol–water partition coefficient (Wildman–Crippen LogP) is -9.09. The van der Waals surface area contributed by atoms with Gasteiger partial charge in [0.05, 0.1) is 0 Å². The second kappa shape index (κ2) is 136. The van der Waals surface area contributed by atoms with Crippen LogP contribution in [0.5, 0.6) is 0 Å². The van der Waals surface area contributed by atoms with Gasteiger partial charge < -0.3 is 0 Å². The van der Waals surface area contributed by atoms with Crippen LogP contribution in [0.15, 0.2) is 0 Å². The Balaban J connectivity index is -0.000000000817. The van der Waals surface area contributed by atoms with Crippen molar-refractivity contribution in [2.75, 3.05) is 0 Å². The van der Waals surface area contributed by atoms with Gasteiger partial charge in [-0.1, -0.05) is 39.5 Å². The Morgan fingerprint density at radius 3 is 0.375 bits per heavy atom. The van der Waals surface area contributed by atoms with Gasteiger partial charge in [0.25, 0.3) is 0 Å². The van der Waals surface area contributed by atoms with Crippen LogP contribution in [-0.4, -0.2) is 532 Å². The van der Waals surface area contributed by atoms with Crippen LogP contribution in [-0.2, 0) is 0 Å². The van der Waals surface area contributed by atoms with Gasteiger partial charge >= 0.3 is 532 Å². The number of unbranched alkanes of at least 4 members (excludes halogenated alkanes) is 3. The fourth-order valence-electron chi connectivity index (χ4n) is 0.500. The van der Waals surface area contributed by atoms with Crippen molar-refractivity contribution in [2.24, 2.45) is 0 Å². The van der Waals surface area contributed by atoms with E-state index in [9.17, 15) is 0 Å². The van der Waals surface area contributed by atoms with Crippen LogP contribution in [0.25, 0.3) is 0 Å². The van der Waals surface area contributed by atoms with E-state index >= 15 is 0 Å². The molecule has 0 bridgehead atoms. The minimum absolute atomic E-state index is 0. The van der Waals surface area contributed by atoms with Crippen molar-refractivity contribution in [2.45, 2.75) is 39.5 Å². The SMILES string of the molecule is CCCCCC.[NaH].[NaH].[NaH].[NaH].[NaH].[NaH].[NaH].[NaH].[NaH].[NaH].[NaH].[NaH].[NaH].[NaH].[NaH].[NaH].[NaH].[NaH]. The summed E-state index contributed by atoms with van der Waals surface area (Å²) in [4.78, 5) is 0. The van der Waals surface area contributed by atoms with Crippen molar-refractivity contribution >= 4 is 532 Å². The van der Waals surface area contributed by atoms with E-state index in [1.807, 2.05) is 0 Å². The molecule has 0 amide bonds. The van der Waals surface area contributed by atoms with Crippen molar-refractivity contribution in [3.05, 3.63) is 0 Å². The van der Waals surface area contributed by atoms with Crippen molar-refractivity contribution in [1.82, 2.24) is 0 Å². The van der Waals surface area contributed by atoms with Gasteiger partial charge in [-0.25, -0.2) is 0 Å². The fourth-order valence-corrected chi connectivity index (χ4v) is 0.500. The van der Waals surface area contributed by atoms with E-state index in [1.165, 1.54) is 25.7 Å². The predicted molar refractivity (Wildman–Crippen MR) is 158 cm³/mol. The average molecular weight is 518 g/mol. The zero-order valence-corrected chi connectivity index (χ0v) is 4.83. The van der Waals surface area contributed by atoms with Crippen LogP contribution in [0, 0.1) is 0 Å². The third-order valence-electron chi connectivity index (χ3n) is 0.957. The van der Waals surface area contributed by atoms with Gasteiger partial charge in [0.15, 0.2) is 0 Å². The Morgan fingerprint density at radius 1 is 0.250 bits per heavy atom. The van der Waals surface area contributed by atoms with Crippen molar-refractivity contribution in [1.29, 1.82) is 0 Å². The molecule has 0 aromatic heterocycles. The molecule has 0 aliphatic carbocycles. The molecule has 0 saturated carbocycles. The zero-order chi connectivity index (χ0) is 4.83. The summed E-state index contributed by atoms with van der Waals surface area (Å²) in [5, 5.41) is 0. The van der Waals surface area contributed by atoms with Crippen LogP contribution in [0.3, 0.4) is 0 Å². The first-order chi connectivity index (χ1) is 2.91. The van der Waals surface area contributed by atoms with E-state index in [0.717, 1.165) is 0 Å². The molecule has 0 N–H and O–H groups in total. The summed E-state index contributed by atoms with van der Waals surface area (Å²) in [6.07, 6.45) is 5.54. The molecule has 0 rings (SSSR count). The Labute approximate surface area is 552 Å². The van der Waals surface area contributed by atoms with Crippen molar-refractivity contribution in [3.63, 3.8) is 0 Å². The van der Waals surface area contributed by atoms with Crippen molar-refractivity contribution in [3.8, 4) is 0 Å². The van der Waals surface area contributed by atoms with Gasteiger partial charge in [-0.05, 0) is 0 Å². The molecule has 0 unspecified atom stereocenters. The molecule has 0 aliphatic heterocycles. The maximum absolute atomic E-state index is 2.23. The molecule has 18 heteroatoms. The number of rotatable bonds is 3. The zero-order valence-electron chi connectivity index (χ0n) is 4.83. The van der Waals surface area contributed by atoms with Gasteiger partial charge in [0, 0.05) is 0 Å². The molecule has 0 atom stereocenters. The second-order valence-electron chi connectivity index (χ2n) is 1.71. The van der Waals surface area contributed by atoms with Gasteiger partial charge in [0.1, 0.15) is 0 Å². The molecule has 0 aliphatic rings. The number of hydrogen-bond acceptors (Lipinski definition) is 0. The summed E-state index contributed by atoms with van der Waals surface area (Å²) >= 11 is 0. The van der Waals surface area contributed by atoms with E-state index in [-0.39, 0.29) is 532 Å². The standard InChI is InChI=1S/C6H14.18Na.18H/c1-3-5-6-4-2;;;;;;;;;;;;;;;;;;;;;;;;;;;;;;;;;;;;/h3-6H2,1-2H3;;;;;;;;;;;;;;;;;;;;;;;;;;;;;;;;;;;;. The molecule has 0 aromatic rings. The van der Waals surface area contributed by atoms with Crippen LogP contribution in [0.4, 0.5) is 0 Å². The maximum atomic E-state index is 2.23.